The number of amides is 1. The number of nitrogens with zero attached hydrogens (tertiary/aromatic N) is 2. The number of carbonyl (C=O) groups excluding carboxylic acids is 1. The van der Waals surface area contributed by atoms with E-state index in [-0.39, 0.29) is 17.3 Å². The molecule has 1 saturated heterocycles. The summed E-state index contributed by atoms with van der Waals surface area (Å²) in [6, 6.07) is 22.5. The van der Waals surface area contributed by atoms with E-state index in [1.807, 2.05) is 30.3 Å². The Morgan fingerprint density at radius 2 is 1.67 bits per heavy atom. The van der Waals surface area contributed by atoms with E-state index in [4.69, 9.17) is 9.47 Å². The highest BCUT2D eigenvalue weighted by Gasteiger charge is 2.27. The molecule has 0 unspecified atom stereocenters. The topological polar surface area (TPSA) is 76.2 Å². The Balaban J connectivity index is 1.70. The fourth-order valence-corrected chi connectivity index (χ4v) is 5.18. The molecule has 0 aromatic heterocycles. The average Bonchev–Trinajstić information content (AvgIpc) is 2.88. The fourth-order valence-electron chi connectivity index (χ4n) is 3.68. The standard InChI is InChI=1S/C25H26N2O5S/c1-31-23-12-10-22(11-13-23)27(19-20-6-3-2-4-7-20)33(29,30)24-9-5-8-21(18-24)25(28)26-14-16-32-17-15-26/h2-13,18H,14-17,19H2,1H3. The molecule has 1 heterocycles. The van der Waals surface area contributed by atoms with Crippen LogP contribution in [0.3, 0.4) is 0 Å². The molecule has 8 heteroatoms. The molecule has 3 aromatic rings. The lowest BCUT2D eigenvalue weighted by atomic mass is 10.2. The van der Waals surface area contributed by atoms with Crippen LogP contribution in [0.5, 0.6) is 5.75 Å². The third kappa shape index (κ3) is 5.18. The van der Waals surface area contributed by atoms with E-state index >= 15 is 0 Å². The van der Waals surface area contributed by atoms with Crippen molar-refractivity contribution in [3.63, 3.8) is 0 Å². The van der Waals surface area contributed by atoms with Crippen molar-refractivity contribution in [2.45, 2.75) is 11.4 Å². The van der Waals surface area contributed by atoms with Crippen LogP contribution in [0, 0.1) is 0 Å². The molecule has 0 radical (unpaired) electrons. The summed E-state index contributed by atoms with van der Waals surface area (Å²) in [5, 5.41) is 0. The zero-order valence-electron chi connectivity index (χ0n) is 18.4. The van der Waals surface area contributed by atoms with Gasteiger partial charge in [-0.3, -0.25) is 9.10 Å². The molecule has 0 N–H and O–H groups in total. The smallest absolute Gasteiger partial charge is 0.264 e. The highest BCUT2D eigenvalue weighted by molar-refractivity contribution is 7.92. The van der Waals surface area contributed by atoms with Gasteiger partial charge in [-0.1, -0.05) is 36.4 Å². The minimum Gasteiger partial charge on any atom is -0.497 e. The van der Waals surface area contributed by atoms with Gasteiger partial charge in [-0.2, -0.15) is 0 Å². The Kier molecular flexibility index (Phi) is 6.96. The van der Waals surface area contributed by atoms with Crippen LogP contribution < -0.4 is 9.04 Å². The Morgan fingerprint density at radius 3 is 2.33 bits per heavy atom. The van der Waals surface area contributed by atoms with E-state index in [1.54, 1.807) is 48.4 Å². The lowest BCUT2D eigenvalue weighted by Crippen LogP contribution is -2.40. The van der Waals surface area contributed by atoms with Gasteiger partial charge in [0, 0.05) is 18.7 Å². The van der Waals surface area contributed by atoms with E-state index in [1.165, 1.54) is 16.4 Å². The Labute approximate surface area is 194 Å². The number of benzene rings is 3. The molecular weight excluding hydrogens is 440 g/mol. The lowest BCUT2D eigenvalue weighted by Gasteiger charge is -2.27. The third-order valence-electron chi connectivity index (χ3n) is 5.50. The van der Waals surface area contributed by atoms with E-state index in [9.17, 15) is 13.2 Å². The van der Waals surface area contributed by atoms with Gasteiger partial charge in [0.25, 0.3) is 15.9 Å². The van der Waals surface area contributed by atoms with Gasteiger partial charge in [0.05, 0.1) is 37.5 Å². The van der Waals surface area contributed by atoms with Gasteiger partial charge in [-0.25, -0.2) is 8.42 Å². The molecule has 0 atom stereocenters. The summed E-state index contributed by atoms with van der Waals surface area (Å²) in [5.74, 6) is 0.434. The number of carbonyl (C=O) groups is 1. The molecular formula is C25H26N2O5S. The molecule has 33 heavy (non-hydrogen) atoms. The van der Waals surface area contributed by atoms with Gasteiger partial charge >= 0.3 is 0 Å². The maximum Gasteiger partial charge on any atom is 0.264 e. The quantitative estimate of drug-likeness (QED) is 0.532. The van der Waals surface area contributed by atoms with Crippen molar-refractivity contribution in [2.75, 3.05) is 37.7 Å². The Hall–Kier alpha value is -3.36. The third-order valence-corrected chi connectivity index (χ3v) is 7.27. The predicted octanol–water partition coefficient (Wildman–Crippen LogP) is 3.56. The molecule has 1 aliphatic heterocycles. The maximum absolute atomic E-state index is 13.8. The van der Waals surface area contributed by atoms with Crippen molar-refractivity contribution < 1.29 is 22.7 Å². The van der Waals surface area contributed by atoms with Crippen LogP contribution in [0.2, 0.25) is 0 Å². The fraction of sp³-hybridized carbons (Fsp3) is 0.240. The summed E-state index contributed by atoms with van der Waals surface area (Å²) in [6.07, 6.45) is 0. The van der Waals surface area contributed by atoms with E-state index in [2.05, 4.69) is 0 Å². The molecule has 1 fully saturated rings. The van der Waals surface area contributed by atoms with Gasteiger partial charge < -0.3 is 14.4 Å². The molecule has 0 spiro atoms. The maximum atomic E-state index is 13.8. The van der Waals surface area contributed by atoms with E-state index in [0.717, 1.165) is 5.56 Å². The first kappa shape index (κ1) is 22.8. The van der Waals surface area contributed by atoms with Crippen LogP contribution in [0.1, 0.15) is 15.9 Å². The summed E-state index contributed by atoms with van der Waals surface area (Å²) in [4.78, 5) is 14.7. The molecule has 1 amide bonds. The number of methoxy groups -OCH3 is 1. The SMILES string of the molecule is COc1ccc(N(Cc2ccccc2)S(=O)(=O)c2cccc(C(=O)N3CCOCC3)c2)cc1. The average molecular weight is 467 g/mol. The van der Waals surface area contributed by atoms with E-state index in [0.29, 0.717) is 43.3 Å². The number of anilines is 1. The predicted molar refractivity (Wildman–Crippen MR) is 126 cm³/mol. The largest absolute Gasteiger partial charge is 0.497 e. The Morgan fingerprint density at radius 1 is 0.970 bits per heavy atom. The first-order chi connectivity index (χ1) is 16.0. The molecule has 1 aliphatic rings. The van der Waals surface area contributed by atoms with Gasteiger partial charge in [-0.15, -0.1) is 0 Å². The summed E-state index contributed by atoms with van der Waals surface area (Å²) < 4.78 is 39.5. The van der Waals surface area contributed by atoms with Crippen LogP contribution in [-0.2, 0) is 21.3 Å². The summed E-state index contributed by atoms with van der Waals surface area (Å²) in [6.45, 7) is 2.08. The lowest BCUT2D eigenvalue weighted by molar-refractivity contribution is 0.0302. The second-order valence-electron chi connectivity index (χ2n) is 7.63. The van der Waals surface area contributed by atoms with Gasteiger partial charge in [0.15, 0.2) is 0 Å². The van der Waals surface area contributed by atoms with Crippen molar-refractivity contribution in [3.8, 4) is 5.75 Å². The van der Waals surface area contributed by atoms with Crippen LogP contribution in [0.4, 0.5) is 5.69 Å². The minimum absolute atomic E-state index is 0.0633. The van der Waals surface area contributed by atoms with Crippen LogP contribution >= 0.6 is 0 Å². The van der Waals surface area contributed by atoms with Crippen molar-refractivity contribution in [3.05, 3.63) is 90.0 Å². The minimum atomic E-state index is -3.96. The number of rotatable bonds is 7. The highest BCUT2D eigenvalue weighted by Crippen LogP contribution is 2.28. The zero-order valence-corrected chi connectivity index (χ0v) is 19.2. The number of hydrogen-bond donors (Lipinski definition) is 0. The van der Waals surface area contributed by atoms with Crippen molar-refractivity contribution in [1.82, 2.24) is 4.90 Å². The molecule has 7 nitrogen and oxygen atoms in total. The first-order valence-electron chi connectivity index (χ1n) is 10.7. The van der Waals surface area contributed by atoms with Gasteiger partial charge in [0.2, 0.25) is 0 Å². The van der Waals surface area contributed by atoms with Crippen molar-refractivity contribution in [1.29, 1.82) is 0 Å². The molecule has 4 rings (SSSR count). The van der Waals surface area contributed by atoms with Crippen LogP contribution in [0.25, 0.3) is 0 Å². The number of hydrogen-bond acceptors (Lipinski definition) is 5. The highest BCUT2D eigenvalue weighted by atomic mass is 32.2. The van der Waals surface area contributed by atoms with Gasteiger partial charge in [0.1, 0.15) is 5.75 Å². The van der Waals surface area contributed by atoms with Crippen LogP contribution in [0.15, 0.2) is 83.8 Å². The summed E-state index contributed by atoms with van der Waals surface area (Å²) in [7, 11) is -2.40. The normalized spacial score (nSPS) is 14.0. The Bertz CT molecular complexity index is 1190. The first-order valence-corrected chi connectivity index (χ1v) is 12.1. The van der Waals surface area contributed by atoms with Crippen molar-refractivity contribution in [2.24, 2.45) is 0 Å². The zero-order chi connectivity index (χ0) is 23.3. The molecule has 3 aromatic carbocycles. The van der Waals surface area contributed by atoms with Crippen molar-refractivity contribution >= 4 is 21.6 Å². The molecule has 0 bridgehead atoms. The molecule has 0 saturated carbocycles. The summed E-state index contributed by atoms with van der Waals surface area (Å²) >= 11 is 0. The second-order valence-corrected chi connectivity index (χ2v) is 9.49. The number of sulfonamides is 1. The molecule has 172 valence electrons. The monoisotopic (exact) mass is 466 g/mol. The van der Waals surface area contributed by atoms with E-state index < -0.39 is 10.0 Å². The van der Waals surface area contributed by atoms with Gasteiger partial charge in [-0.05, 0) is 48.0 Å². The summed E-state index contributed by atoms with van der Waals surface area (Å²) in [5.41, 5.74) is 1.69. The second kappa shape index (κ2) is 10.1. The number of morpholine rings is 1. The number of ether oxygens (including phenoxy) is 2. The molecule has 0 aliphatic carbocycles. The van der Waals surface area contributed by atoms with Crippen LogP contribution in [-0.4, -0.2) is 52.6 Å².